The average molecular weight is 221 g/mol. The molecule has 14 heavy (non-hydrogen) atoms. The lowest BCUT2D eigenvalue weighted by Gasteiger charge is -2.19. The van der Waals surface area contributed by atoms with E-state index in [1.165, 1.54) is 0 Å². The van der Waals surface area contributed by atoms with Crippen molar-refractivity contribution in [3.63, 3.8) is 0 Å². The van der Waals surface area contributed by atoms with Gasteiger partial charge in [-0.05, 0) is 27.2 Å². The molecule has 2 N–H and O–H groups in total. The number of alkyl halides is 1. The first kappa shape index (κ1) is 13.2. The van der Waals surface area contributed by atoms with Crippen LogP contribution < -0.4 is 10.6 Å². The van der Waals surface area contributed by atoms with Gasteiger partial charge in [0.05, 0.1) is 0 Å². The van der Waals surface area contributed by atoms with Gasteiger partial charge >= 0.3 is 11.8 Å². The smallest absolute Gasteiger partial charge is 0.309 e. The van der Waals surface area contributed by atoms with Gasteiger partial charge in [0, 0.05) is 18.0 Å². The standard InChI is InChI=1S/C9H17ClN2O2/c1-9(2,3)12-8(14)7(13)11-6-4-5-10/h4-6H2,1-3H3,(H,11,13)(H,12,14). The van der Waals surface area contributed by atoms with Gasteiger partial charge in [0.1, 0.15) is 0 Å². The molecule has 0 saturated heterocycles. The molecule has 4 nitrogen and oxygen atoms in total. The van der Waals surface area contributed by atoms with Gasteiger partial charge < -0.3 is 10.6 Å². The van der Waals surface area contributed by atoms with Crippen molar-refractivity contribution in [3.05, 3.63) is 0 Å². The Labute approximate surface area is 89.4 Å². The highest BCUT2D eigenvalue weighted by molar-refractivity contribution is 6.35. The zero-order valence-corrected chi connectivity index (χ0v) is 9.57. The molecule has 0 aromatic carbocycles. The molecule has 82 valence electrons. The van der Waals surface area contributed by atoms with E-state index in [0.717, 1.165) is 0 Å². The number of hydrogen-bond donors (Lipinski definition) is 2. The van der Waals surface area contributed by atoms with Crippen LogP contribution in [-0.2, 0) is 9.59 Å². The van der Waals surface area contributed by atoms with Crippen LogP contribution in [0.2, 0.25) is 0 Å². The van der Waals surface area contributed by atoms with E-state index in [4.69, 9.17) is 11.6 Å². The third-order valence-electron chi connectivity index (χ3n) is 1.29. The predicted molar refractivity (Wildman–Crippen MR) is 56.2 cm³/mol. The zero-order valence-electron chi connectivity index (χ0n) is 8.82. The lowest BCUT2D eigenvalue weighted by atomic mass is 10.1. The number of amides is 2. The molecule has 0 aromatic heterocycles. The average Bonchev–Trinajstić information content (AvgIpc) is 2.01. The Hall–Kier alpha value is -0.770. The largest absolute Gasteiger partial charge is 0.348 e. The van der Waals surface area contributed by atoms with Crippen LogP contribution in [0.1, 0.15) is 27.2 Å². The molecule has 0 aliphatic heterocycles. The summed E-state index contributed by atoms with van der Waals surface area (Å²) in [4.78, 5) is 22.3. The fourth-order valence-electron chi connectivity index (χ4n) is 0.746. The minimum absolute atomic E-state index is 0.388. The molecule has 0 heterocycles. The number of carbonyl (C=O) groups is 2. The highest BCUT2D eigenvalue weighted by atomic mass is 35.5. The van der Waals surface area contributed by atoms with Gasteiger partial charge in [0.15, 0.2) is 0 Å². The van der Waals surface area contributed by atoms with Crippen LogP contribution >= 0.6 is 11.6 Å². The Morgan fingerprint density at radius 1 is 1.21 bits per heavy atom. The van der Waals surface area contributed by atoms with Gasteiger partial charge in [-0.25, -0.2) is 0 Å². The van der Waals surface area contributed by atoms with Gasteiger partial charge in [-0.2, -0.15) is 0 Å². The SMILES string of the molecule is CC(C)(C)NC(=O)C(=O)NCCCCl. The van der Waals surface area contributed by atoms with E-state index < -0.39 is 11.8 Å². The Morgan fingerprint density at radius 3 is 2.21 bits per heavy atom. The summed E-state index contributed by atoms with van der Waals surface area (Å²) in [5, 5.41) is 5.03. The first-order chi connectivity index (χ1) is 6.37. The van der Waals surface area contributed by atoms with Crippen molar-refractivity contribution in [1.29, 1.82) is 0 Å². The zero-order chi connectivity index (χ0) is 11.2. The Morgan fingerprint density at radius 2 is 1.79 bits per heavy atom. The van der Waals surface area contributed by atoms with Crippen LogP contribution in [0.4, 0.5) is 0 Å². The molecule has 0 atom stereocenters. The monoisotopic (exact) mass is 220 g/mol. The van der Waals surface area contributed by atoms with E-state index in [-0.39, 0.29) is 5.54 Å². The molecule has 5 heteroatoms. The van der Waals surface area contributed by atoms with E-state index in [1.807, 2.05) is 20.8 Å². The second-order valence-electron chi connectivity index (χ2n) is 4.00. The van der Waals surface area contributed by atoms with Crippen LogP contribution in [0.3, 0.4) is 0 Å². The van der Waals surface area contributed by atoms with E-state index >= 15 is 0 Å². The Kier molecular flexibility index (Phi) is 5.53. The highest BCUT2D eigenvalue weighted by Gasteiger charge is 2.19. The molecule has 0 fully saturated rings. The Bertz CT molecular complexity index is 211. The van der Waals surface area contributed by atoms with Crippen LogP contribution in [0, 0.1) is 0 Å². The third kappa shape index (κ3) is 6.71. The quantitative estimate of drug-likeness (QED) is 0.417. The summed E-state index contributed by atoms with van der Waals surface area (Å²) in [6.07, 6.45) is 0.663. The third-order valence-corrected chi connectivity index (χ3v) is 1.56. The number of rotatable bonds is 3. The molecule has 0 bridgehead atoms. The second kappa shape index (κ2) is 5.86. The van der Waals surface area contributed by atoms with Crippen LogP contribution in [-0.4, -0.2) is 29.8 Å². The summed E-state index contributed by atoms with van der Waals surface area (Å²) in [6.45, 7) is 5.88. The summed E-state index contributed by atoms with van der Waals surface area (Å²) in [6, 6.07) is 0. The van der Waals surface area contributed by atoms with Gasteiger partial charge in [0.25, 0.3) is 0 Å². The summed E-state index contributed by atoms with van der Waals surface area (Å²) in [5.41, 5.74) is -0.388. The first-order valence-corrected chi connectivity index (χ1v) is 5.06. The second-order valence-corrected chi connectivity index (χ2v) is 4.38. The van der Waals surface area contributed by atoms with E-state index in [0.29, 0.717) is 18.8 Å². The highest BCUT2D eigenvalue weighted by Crippen LogP contribution is 1.97. The van der Waals surface area contributed by atoms with Crippen molar-refractivity contribution in [3.8, 4) is 0 Å². The van der Waals surface area contributed by atoms with Gasteiger partial charge in [-0.15, -0.1) is 11.6 Å². The maximum atomic E-state index is 11.2. The summed E-state index contributed by atoms with van der Waals surface area (Å²) >= 11 is 5.42. The molecule has 0 aromatic rings. The number of nitrogens with one attached hydrogen (secondary N) is 2. The normalized spacial score (nSPS) is 10.9. The van der Waals surface area contributed by atoms with Crippen molar-refractivity contribution < 1.29 is 9.59 Å². The lowest BCUT2D eigenvalue weighted by molar-refractivity contribution is -0.140. The lowest BCUT2D eigenvalue weighted by Crippen LogP contribution is -2.48. The van der Waals surface area contributed by atoms with E-state index in [1.54, 1.807) is 0 Å². The molecular formula is C9H17ClN2O2. The van der Waals surface area contributed by atoms with Crippen molar-refractivity contribution in [1.82, 2.24) is 10.6 Å². The number of carbonyl (C=O) groups excluding carboxylic acids is 2. The molecule has 0 aliphatic rings. The molecule has 0 rings (SSSR count). The molecule has 0 unspecified atom stereocenters. The molecule has 0 spiro atoms. The fourth-order valence-corrected chi connectivity index (χ4v) is 0.880. The molecule has 0 aliphatic carbocycles. The van der Waals surface area contributed by atoms with Crippen LogP contribution in [0.25, 0.3) is 0 Å². The minimum Gasteiger partial charge on any atom is -0.348 e. The van der Waals surface area contributed by atoms with Crippen LogP contribution in [0.5, 0.6) is 0 Å². The summed E-state index contributed by atoms with van der Waals surface area (Å²) < 4.78 is 0. The van der Waals surface area contributed by atoms with Crippen LogP contribution in [0.15, 0.2) is 0 Å². The molecule has 0 radical (unpaired) electrons. The predicted octanol–water partition coefficient (Wildman–Crippen LogP) is 0.646. The number of hydrogen-bond acceptors (Lipinski definition) is 2. The maximum Gasteiger partial charge on any atom is 0.309 e. The van der Waals surface area contributed by atoms with Gasteiger partial charge in [-0.1, -0.05) is 0 Å². The maximum absolute atomic E-state index is 11.2. The number of halogens is 1. The minimum atomic E-state index is -0.606. The van der Waals surface area contributed by atoms with E-state index in [9.17, 15) is 9.59 Å². The van der Waals surface area contributed by atoms with Crippen molar-refractivity contribution in [2.24, 2.45) is 0 Å². The summed E-state index contributed by atoms with van der Waals surface area (Å²) in [5.74, 6) is -0.738. The van der Waals surface area contributed by atoms with Gasteiger partial charge in [-0.3, -0.25) is 9.59 Å². The van der Waals surface area contributed by atoms with Crippen molar-refractivity contribution in [2.45, 2.75) is 32.7 Å². The van der Waals surface area contributed by atoms with Crippen molar-refractivity contribution in [2.75, 3.05) is 12.4 Å². The van der Waals surface area contributed by atoms with Gasteiger partial charge in [0.2, 0.25) is 0 Å². The molecule has 2 amide bonds. The van der Waals surface area contributed by atoms with Crippen molar-refractivity contribution >= 4 is 23.4 Å². The fraction of sp³-hybridized carbons (Fsp3) is 0.778. The molecular weight excluding hydrogens is 204 g/mol. The first-order valence-electron chi connectivity index (χ1n) is 4.53. The topological polar surface area (TPSA) is 58.2 Å². The Balaban J connectivity index is 3.83. The molecule has 0 saturated carbocycles. The van der Waals surface area contributed by atoms with E-state index in [2.05, 4.69) is 10.6 Å². The summed E-state index contributed by atoms with van der Waals surface area (Å²) in [7, 11) is 0.